The fourth-order valence-electron chi connectivity index (χ4n) is 3.43. The van der Waals surface area contributed by atoms with E-state index in [0.717, 1.165) is 5.56 Å². The van der Waals surface area contributed by atoms with Crippen LogP contribution in [0.2, 0.25) is 5.02 Å². The third kappa shape index (κ3) is 4.94. The van der Waals surface area contributed by atoms with Gasteiger partial charge in [0.25, 0.3) is 15.9 Å². The molecule has 0 atom stereocenters. The zero-order valence-corrected chi connectivity index (χ0v) is 18.3. The zero-order valence-electron chi connectivity index (χ0n) is 16.7. The first-order chi connectivity index (χ1) is 14.2. The maximum atomic E-state index is 12.9. The smallest absolute Gasteiger partial charge is 0.308 e. The Kier molecular flexibility index (Phi) is 6.67. The second kappa shape index (κ2) is 9.06. The Morgan fingerprint density at radius 1 is 1.13 bits per heavy atom. The molecule has 2 aromatic rings. The molecule has 1 N–H and O–H groups in total. The van der Waals surface area contributed by atoms with Crippen LogP contribution >= 0.6 is 11.6 Å². The van der Waals surface area contributed by atoms with Gasteiger partial charge >= 0.3 is 5.97 Å². The number of benzene rings is 2. The van der Waals surface area contributed by atoms with Crippen LogP contribution in [-0.4, -0.2) is 45.4 Å². The third-order valence-corrected chi connectivity index (χ3v) is 6.92. The number of rotatable bonds is 5. The maximum Gasteiger partial charge on any atom is 0.308 e. The van der Waals surface area contributed by atoms with Gasteiger partial charge in [-0.15, -0.1) is 0 Å². The molecule has 0 saturated carbocycles. The van der Waals surface area contributed by atoms with E-state index < -0.39 is 10.0 Å². The van der Waals surface area contributed by atoms with Gasteiger partial charge in [-0.2, -0.15) is 0 Å². The Morgan fingerprint density at radius 3 is 2.47 bits per heavy atom. The van der Waals surface area contributed by atoms with Crippen molar-refractivity contribution in [2.45, 2.75) is 24.7 Å². The molecule has 1 amide bonds. The van der Waals surface area contributed by atoms with Gasteiger partial charge in [0, 0.05) is 24.3 Å². The van der Waals surface area contributed by atoms with Crippen molar-refractivity contribution < 1.29 is 22.7 Å². The monoisotopic (exact) mass is 450 g/mol. The van der Waals surface area contributed by atoms with Crippen molar-refractivity contribution >= 4 is 39.2 Å². The summed E-state index contributed by atoms with van der Waals surface area (Å²) in [5.74, 6) is -0.801. The average molecular weight is 451 g/mol. The van der Waals surface area contributed by atoms with Gasteiger partial charge in [0.1, 0.15) is 4.90 Å². The van der Waals surface area contributed by atoms with E-state index in [9.17, 15) is 18.0 Å². The molecule has 2 aromatic carbocycles. The Balaban J connectivity index is 1.79. The van der Waals surface area contributed by atoms with Crippen LogP contribution in [0.4, 0.5) is 5.69 Å². The van der Waals surface area contributed by atoms with E-state index >= 15 is 0 Å². The Labute approximate surface area is 181 Å². The summed E-state index contributed by atoms with van der Waals surface area (Å²) in [4.78, 5) is 26.0. The van der Waals surface area contributed by atoms with Crippen LogP contribution in [0.3, 0.4) is 0 Å². The number of ether oxygens (including phenoxy) is 1. The molecule has 1 heterocycles. The molecule has 1 aliphatic rings. The summed E-state index contributed by atoms with van der Waals surface area (Å²) in [7, 11) is -2.64. The van der Waals surface area contributed by atoms with E-state index in [4.69, 9.17) is 16.3 Å². The molecule has 0 radical (unpaired) electrons. The average Bonchev–Trinajstić information content (AvgIpc) is 2.72. The van der Waals surface area contributed by atoms with Crippen molar-refractivity contribution in [2.24, 2.45) is 5.92 Å². The van der Waals surface area contributed by atoms with Crippen LogP contribution in [0.5, 0.6) is 0 Å². The highest BCUT2D eigenvalue weighted by atomic mass is 35.5. The van der Waals surface area contributed by atoms with E-state index in [1.807, 2.05) is 13.0 Å². The number of hydrogen-bond donors (Lipinski definition) is 1. The van der Waals surface area contributed by atoms with E-state index in [2.05, 4.69) is 4.72 Å². The molecule has 1 aliphatic heterocycles. The summed E-state index contributed by atoms with van der Waals surface area (Å²) >= 11 is 6.14. The fourth-order valence-corrected chi connectivity index (χ4v) is 5.00. The molecule has 3 rings (SSSR count). The number of likely N-dealkylation sites (tertiary alicyclic amines) is 1. The number of carbonyl (C=O) groups is 2. The molecule has 0 aromatic heterocycles. The number of nitrogens with one attached hydrogen (secondary N) is 1. The van der Waals surface area contributed by atoms with Crippen LogP contribution in [0.1, 0.15) is 28.8 Å². The summed E-state index contributed by atoms with van der Waals surface area (Å²) in [6, 6.07) is 11.1. The Hall–Kier alpha value is -2.58. The summed E-state index contributed by atoms with van der Waals surface area (Å²) in [6.07, 6.45) is 1.01. The van der Waals surface area contributed by atoms with E-state index in [-0.39, 0.29) is 33.3 Å². The molecule has 1 fully saturated rings. The quantitative estimate of drug-likeness (QED) is 0.704. The number of hydrogen-bond acceptors (Lipinski definition) is 5. The van der Waals surface area contributed by atoms with Crippen LogP contribution in [0.15, 0.2) is 47.4 Å². The van der Waals surface area contributed by atoms with Gasteiger partial charge in [0.05, 0.1) is 18.1 Å². The Morgan fingerprint density at radius 2 is 1.83 bits per heavy atom. The number of nitrogens with zero attached hydrogens (tertiary/aromatic N) is 1. The molecule has 0 spiro atoms. The highest BCUT2D eigenvalue weighted by molar-refractivity contribution is 7.92. The van der Waals surface area contributed by atoms with Gasteiger partial charge in [-0.05, 0) is 55.7 Å². The Bertz CT molecular complexity index is 1060. The van der Waals surface area contributed by atoms with Crippen LogP contribution in [0, 0.1) is 12.8 Å². The number of anilines is 1. The lowest BCUT2D eigenvalue weighted by molar-refractivity contribution is -0.146. The molecular weight excluding hydrogens is 428 g/mol. The number of esters is 1. The first-order valence-corrected chi connectivity index (χ1v) is 11.3. The normalized spacial score (nSPS) is 15.0. The number of carbonyl (C=O) groups excluding carboxylic acids is 2. The van der Waals surface area contributed by atoms with Crippen LogP contribution in [0.25, 0.3) is 0 Å². The number of methoxy groups -OCH3 is 1. The molecule has 9 heteroatoms. The highest BCUT2D eigenvalue weighted by Crippen LogP contribution is 2.27. The van der Waals surface area contributed by atoms with Crippen molar-refractivity contribution in [3.05, 3.63) is 58.6 Å². The van der Waals surface area contributed by atoms with E-state index in [1.165, 1.54) is 25.3 Å². The van der Waals surface area contributed by atoms with Gasteiger partial charge < -0.3 is 9.64 Å². The van der Waals surface area contributed by atoms with Gasteiger partial charge in [-0.25, -0.2) is 8.42 Å². The van der Waals surface area contributed by atoms with Crippen molar-refractivity contribution in [1.82, 2.24) is 4.90 Å². The first-order valence-electron chi connectivity index (χ1n) is 9.47. The van der Waals surface area contributed by atoms with Gasteiger partial charge in [0.15, 0.2) is 0 Å². The van der Waals surface area contributed by atoms with Crippen LogP contribution < -0.4 is 4.72 Å². The number of aryl methyl sites for hydroxylation is 1. The summed E-state index contributed by atoms with van der Waals surface area (Å²) < 4.78 is 33.0. The number of halogens is 1. The molecular formula is C21H23ClN2O5S. The van der Waals surface area contributed by atoms with E-state index in [1.54, 1.807) is 23.1 Å². The minimum Gasteiger partial charge on any atom is -0.469 e. The number of piperidine rings is 1. The van der Waals surface area contributed by atoms with Gasteiger partial charge in [-0.1, -0.05) is 23.7 Å². The lowest BCUT2D eigenvalue weighted by Crippen LogP contribution is -2.40. The second-order valence-corrected chi connectivity index (χ2v) is 9.27. The fraction of sp³-hybridized carbons (Fsp3) is 0.333. The molecule has 1 saturated heterocycles. The third-order valence-electron chi connectivity index (χ3n) is 5.05. The van der Waals surface area contributed by atoms with Crippen molar-refractivity contribution in [2.75, 3.05) is 24.9 Å². The van der Waals surface area contributed by atoms with Crippen LogP contribution in [-0.2, 0) is 19.6 Å². The summed E-state index contributed by atoms with van der Waals surface area (Å²) in [5, 5.41) is 0.0242. The second-order valence-electron chi connectivity index (χ2n) is 7.21. The van der Waals surface area contributed by atoms with Crippen molar-refractivity contribution in [3.8, 4) is 0 Å². The lowest BCUT2D eigenvalue weighted by atomic mass is 9.96. The molecule has 0 aliphatic carbocycles. The minimum atomic E-state index is -3.98. The predicted octanol–water partition coefficient (Wildman–Crippen LogP) is 3.47. The molecule has 0 bridgehead atoms. The number of sulfonamides is 1. The van der Waals surface area contributed by atoms with Crippen molar-refractivity contribution in [3.63, 3.8) is 0 Å². The minimum absolute atomic E-state index is 0.0242. The topological polar surface area (TPSA) is 92.8 Å². The summed E-state index contributed by atoms with van der Waals surface area (Å²) in [6.45, 7) is 2.64. The predicted molar refractivity (Wildman–Crippen MR) is 114 cm³/mol. The largest absolute Gasteiger partial charge is 0.469 e. The maximum absolute atomic E-state index is 12.9. The lowest BCUT2D eigenvalue weighted by Gasteiger charge is -2.30. The van der Waals surface area contributed by atoms with E-state index in [0.29, 0.717) is 31.6 Å². The molecule has 30 heavy (non-hydrogen) atoms. The SMILES string of the molecule is COC(=O)C1CCN(C(=O)c2ccc(Cl)c(S(=O)(=O)Nc3cccc(C)c3)c2)CC1. The molecule has 160 valence electrons. The van der Waals surface area contributed by atoms with Gasteiger partial charge in [0.2, 0.25) is 0 Å². The molecule has 7 nitrogen and oxygen atoms in total. The first kappa shape index (κ1) is 22.1. The molecule has 0 unspecified atom stereocenters. The zero-order chi connectivity index (χ0) is 21.9. The van der Waals surface area contributed by atoms with Gasteiger partial charge in [-0.3, -0.25) is 14.3 Å². The highest BCUT2D eigenvalue weighted by Gasteiger charge is 2.29. The van der Waals surface area contributed by atoms with Crippen molar-refractivity contribution in [1.29, 1.82) is 0 Å². The number of amides is 1. The standard InChI is InChI=1S/C21H23ClN2O5S/c1-14-4-3-5-17(12-14)23-30(27,28)19-13-16(6-7-18(19)22)20(25)24-10-8-15(9-11-24)21(26)29-2/h3-7,12-13,15,23H,8-11H2,1-2H3. The summed E-state index contributed by atoms with van der Waals surface area (Å²) in [5.41, 5.74) is 1.54.